The first-order valence-electron chi connectivity index (χ1n) is 12.2. The third kappa shape index (κ3) is 5.24. The van der Waals surface area contributed by atoms with E-state index in [1.165, 1.54) is 29.5 Å². The number of hydrogen-bond acceptors (Lipinski definition) is 3. The molecule has 0 amide bonds. The second-order valence-corrected chi connectivity index (χ2v) is 11.2. The molecule has 1 aliphatic rings. The zero-order valence-corrected chi connectivity index (χ0v) is 22.2. The van der Waals surface area contributed by atoms with Gasteiger partial charge in [0.1, 0.15) is 5.57 Å². The minimum Gasteiger partial charge on any atom is -0.324 e. The van der Waals surface area contributed by atoms with E-state index in [0.717, 1.165) is 27.3 Å². The fraction of sp³-hybridized carbons (Fsp3) is 0.0333. The topological polar surface area (TPSA) is 17.3 Å². The number of halogens is 5. The standard InChI is InChI=1S/C30H18BF5N2S2/c32-30(33,34)29(24-17-27-23(37-24)15-21(39-27)13-11-19-7-3-1-4-8-19)26-18-28-25(38(26)31(35)36)16-22(40-28)14-12-20-9-5-2-6-10-20/h1-18H/b13-11+,14-12+,29-24+. The number of hydrogen-bond donors (Lipinski definition) is 0. The van der Waals surface area contributed by atoms with Gasteiger partial charge in [-0.15, -0.1) is 22.7 Å². The predicted octanol–water partition coefficient (Wildman–Crippen LogP) is 8.26. The lowest BCUT2D eigenvalue weighted by molar-refractivity contribution is -0.0695. The van der Waals surface area contributed by atoms with Gasteiger partial charge in [0.2, 0.25) is 0 Å². The molecule has 40 heavy (non-hydrogen) atoms. The van der Waals surface area contributed by atoms with Crippen LogP contribution in [0.25, 0.3) is 46.2 Å². The van der Waals surface area contributed by atoms with Crippen molar-refractivity contribution in [2.75, 3.05) is 0 Å². The van der Waals surface area contributed by atoms with Gasteiger partial charge in [-0.3, -0.25) is 8.63 Å². The Kier molecular flexibility index (Phi) is 6.89. The number of aromatic nitrogens is 1. The van der Waals surface area contributed by atoms with Crippen LogP contribution in [-0.4, -0.2) is 18.1 Å². The highest BCUT2D eigenvalue weighted by Crippen LogP contribution is 2.42. The Morgan fingerprint density at radius 1 is 0.775 bits per heavy atom. The van der Waals surface area contributed by atoms with E-state index < -0.39 is 24.8 Å². The van der Waals surface area contributed by atoms with Gasteiger partial charge >= 0.3 is 13.6 Å². The van der Waals surface area contributed by atoms with Crippen molar-refractivity contribution in [1.29, 1.82) is 0 Å². The van der Waals surface area contributed by atoms with Gasteiger partial charge in [0, 0.05) is 15.4 Å². The number of rotatable bonds is 6. The second kappa shape index (κ2) is 10.5. The summed E-state index contributed by atoms with van der Waals surface area (Å²) in [6.07, 6.45) is 3.80. The lowest BCUT2D eigenvalue weighted by Crippen LogP contribution is -2.21. The van der Waals surface area contributed by atoms with Crippen LogP contribution >= 0.6 is 22.7 Å². The highest BCUT2D eigenvalue weighted by atomic mass is 32.1. The molecule has 5 aromatic rings. The Labute approximate surface area is 234 Å². The molecule has 4 heterocycles. The van der Waals surface area contributed by atoms with E-state index in [-0.39, 0.29) is 11.2 Å². The Balaban J connectivity index is 1.40. The molecule has 0 fully saturated rings. The van der Waals surface area contributed by atoms with E-state index in [2.05, 4.69) is 4.99 Å². The summed E-state index contributed by atoms with van der Waals surface area (Å²) in [5.74, 6) is 0. The highest BCUT2D eigenvalue weighted by Gasteiger charge is 2.42. The third-order valence-corrected chi connectivity index (χ3v) is 8.36. The first-order chi connectivity index (χ1) is 19.3. The van der Waals surface area contributed by atoms with Crippen molar-refractivity contribution in [2.45, 2.75) is 6.18 Å². The Bertz CT molecular complexity index is 1880. The van der Waals surface area contributed by atoms with Crippen LogP contribution in [-0.2, 0) is 0 Å². The Morgan fingerprint density at radius 3 is 1.93 bits per heavy atom. The summed E-state index contributed by atoms with van der Waals surface area (Å²) in [6.45, 7) is 0. The van der Waals surface area contributed by atoms with Crippen molar-refractivity contribution in [2.24, 2.45) is 4.99 Å². The van der Waals surface area contributed by atoms with Gasteiger partial charge in [0.05, 0.1) is 25.8 Å². The maximum absolute atomic E-state index is 14.4. The molecule has 10 heteroatoms. The SMILES string of the molecule is FB(F)n1c(/C(=C2/C=c3sc(/C=C/c4ccccc4)cc3=N2)C(F)(F)F)cc2sc(/C=C/c3ccccc3)cc21. The zero-order valence-electron chi connectivity index (χ0n) is 20.6. The van der Waals surface area contributed by atoms with E-state index in [1.54, 1.807) is 12.1 Å². The van der Waals surface area contributed by atoms with E-state index >= 15 is 0 Å². The van der Waals surface area contributed by atoms with E-state index in [4.69, 9.17) is 0 Å². The van der Waals surface area contributed by atoms with Crippen molar-refractivity contribution < 1.29 is 21.8 Å². The summed E-state index contributed by atoms with van der Waals surface area (Å²) >= 11 is 2.45. The average Bonchev–Trinajstić information content (AvgIpc) is 3.66. The first kappa shape index (κ1) is 26.2. The largest absolute Gasteiger partial charge is 0.678 e. The monoisotopic (exact) mass is 576 g/mol. The van der Waals surface area contributed by atoms with Crippen LogP contribution < -0.4 is 9.89 Å². The molecule has 0 saturated carbocycles. The average molecular weight is 576 g/mol. The third-order valence-electron chi connectivity index (χ3n) is 6.28. The Hall–Kier alpha value is -4.02. The summed E-state index contributed by atoms with van der Waals surface area (Å²) in [5.41, 5.74) is -0.191. The molecule has 0 bridgehead atoms. The van der Waals surface area contributed by atoms with Gasteiger partial charge in [-0.25, -0.2) is 4.99 Å². The van der Waals surface area contributed by atoms with Gasteiger partial charge in [-0.05, 0) is 47.6 Å². The lowest BCUT2D eigenvalue weighted by atomic mass is 10.1. The molecule has 3 aromatic heterocycles. The fourth-order valence-electron chi connectivity index (χ4n) is 4.52. The van der Waals surface area contributed by atoms with Gasteiger partial charge in [0.25, 0.3) is 0 Å². The van der Waals surface area contributed by atoms with Crippen molar-refractivity contribution in [3.05, 3.63) is 121 Å². The lowest BCUT2D eigenvalue weighted by Gasteiger charge is -2.15. The smallest absolute Gasteiger partial charge is 0.324 e. The predicted molar refractivity (Wildman–Crippen MR) is 156 cm³/mol. The molecule has 0 atom stereocenters. The first-order valence-corrected chi connectivity index (χ1v) is 13.8. The molecule has 198 valence electrons. The summed E-state index contributed by atoms with van der Waals surface area (Å²) < 4.78 is 73.2. The summed E-state index contributed by atoms with van der Waals surface area (Å²) in [5, 5.41) is 0.389. The number of nitrogens with zero attached hydrogens (tertiary/aromatic N) is 2. The van der Waals surface area contributed by atoms with E-state index in [1.807, 2.05) is 78.9 Å². The van der Waals surface area contributed by atoms with Gasteiger partial charge in [-0.2, -0.15) is 13.2 Å². The second-order valence-electron chi connectivity index (χ2n) is 8.98. The molecule has 0 N–H and O–H groups in total. The fourth-order valence-corrected chi connectivity index (χ4v) is 6.46. The van der Waals surface area contributed by atoms with Crippen molar-refractivity contribution in [3.63, 3.8) is 0 Å². The van der Waals surface area contributed by atoms with Gasteiger partial charge in [-0.1, -0.05) is 72.8 Å². The molecular formula is C30H18BF5N2S2. The molecule has 2 nitrogen and oxygen atoms in total. The van der Waals surface area contributed by atoms with Gasteiger partial charge < -0.3 is 4.48 Å². The molecule has 0 radical (unpaired) electrons. The number of allylic oxidation sites excluding steroid dienone is 2. The molecule has 0 aliphatic carbocycles. The normalized spacial score (nSPS) is 14.6. The van der Waals surface area contributed by atoms with Crippen LogP contribution in [0.2, 0.25) is 0 Å². The maximum Gasteiger partial charge on any atom is 0.678 e. The molecule has 0 unspecified atom stereocenters. The number of alkyl halides is 3. The van der Waals surface area contributed by atoms with Crippen LogP contribution in [0.5, 0.6) is 0 Å². The maximum atomic E-state index is 14.4. The molecular weight excluding hydrogens is 558 g/mol. The molecule has 1 aliphatic heterocycles. The number of benzene rings is 2. The number of fused-ring (bicyclic) bond motifs is 2. The van der Waals surface area contributed by atoms with Crippen LogP contribution in [0.1, 0.15) is 26.6 Å². The van der Waals surface area contributed by atoms with Crippen LogP contribution in [0.15, 0.2) is 89.6 Å². The quantitative estimate of drug-likeness (QED) is 0.143. The summed E-state index contributed by atoms with van der Waals surface area (Å²) in [6, 6.07) is 23.4. The van der Waals surface area contributed by atoms with Crippen LogP contribution in [0.3, 0.4) is 0 Å². The van der Waals surface area contributed by atoms with E-state index in [9.17, 15) is 21.8 Å². The number of thiophene rings is 2. The molecule has 6 rings (SSSR count). The highest BCUT2D eigenvalue weighted by molar-refractivity contribution is 7.20. The van der Waals surface area contributed by atoms with Crippen molar-refractivity contribution in [1.82, 2.24) is 4.48 Å². The molecule has 2 aromatic carbocycles. The minimum absolute atomic E-state index is 0.0474. The van der Waals surface area contributed by atoms with E-state index in [0.29, 0.717) is 23.9 Å². The summed E-state index contributed by atoms with van der Waals surface area (Å²) in [7, 11) is -3.17. The molecule has 0 spiro atoms. The molecule has 0 saturated heterocycles. The summed E-state index contributed by atoms with van der Waals surface area (Å²) in [4.78, 5) is 5.71. The van der Waals surface area contributed by atoms with Crippen molar-refractivity contribution >= 4 is 76.2 Å². The minimum atomic E-state index is -4.90. The van der Waals surface area contributed by atoms with Crippen LogP contribution in [0.4, 0.5) is 21.8 Å². The van der Waals surface area contributed by atoms with Crippen LogP contribution in [0, 0.1) is 0 Å². The zero-order chi connectivity index (χ0) is 27.9. The Morgan fingerprint density at radius 2 is 1.38 bits per heavy atom. The van der Waals surface area contributed by atoms with Crippen molar-refractivity contribution in [3.8, 4) is 0 Å². The van der Waals surface area contributed by atoms with Gasteiger partial charge in [0.15, 0.2) is 0 Å².